The van der Waals surface area contributed by atoms with E-state index in [9.17, 15) is 10.1 Å². The zero-order valence-corrected chi connectivity index (χ0v) is 27.6. The van der Waals surface area contributed by atoms with Crippen molar-refractivity contribution in [3.8, 4) is 23.3 Å². The van der Waals surface area contributed by atoms with Gasteiger partial charge in [-0.25, -0.2) is 0 Å². The van der Waals surface area contributed by atoms with Crippen LogP contribution in [0.25, 0.3) is 6.08 Å². The molecule has 0 unspecified atom stereocenters. The maximum Gasteiger partial charge on any atom is 0.266 e. The van der Waals surface area contributed by atoms with Crippen LogP contribution in [0.3, 0.4) is 0 Å². The van der Waals surface area contributed by atoms with Gasteiger partial charge in [0.2, 0.25) is 0 Å². The quantitative estimate of drug-likeness (QED) is 0.0933. The van der Waals surface area contributed by atoms with Gasteiger partial charge in [-0.3, -0.25) is 4.79 Å². The van der Waals surface area contributed by atoms with E-state index in [2.05, 4.69) is 43.8 Å². The van der Waals surface area contributed by atoms with Gasteiger partial charge in [0.25, 0.3) is 5.91 Å². The van der Waals surface area contributed by atoms with Gasteiger partial charge < -0.3 is 19.5 Å². The van der Waals surface area contributed by atoms with Gasteiger partial charge in [-0.1, -0.05) is 57.3 Å². The minimum Gasteiger partial charge on any atom is -0.490 e. The number of hydrogen-bond donors (Lipinski definition) is 1. The fraction of sp³-hybridized carbons (Fsp3) is 0.125. The van der Waals surface area contributed by atoms with Crippen LogP contribution in [0.15, 0.2) is 88.9 Å². The lowest BCUT2D eigenvalue weighted by Gasteiger charge is -2.15. The molecule has 1 N–H and O–H groups in total. The maximum atomic E-state index is 12.9. The Morgan fingerprint density at radius 3 is 2.38 bits per heavy atom. The molecule has 6 nitrogen and oxygen atoms in total. The minimum atomic E-state index is -0.535. The third kappa shape index (κ3) is 8.88. The molecule has 4 aromatic rings. The van der Waals surface area contributed by atoms with Crippen molar-refractivity contribution in [3.05, 3.63) is 119 Å². The van der Waals surface area contributed by atoms with Gasteiger partial charge in [0.05, 0.1) is 10.2 Å². The lowest BCUT2D eigenvalue weighted by atomic mass is 10.1. The van der Waals surface area contributed by atoms with E-state index < -0.39 is 5.91 Å². The van der Waals surface area contributed by atoms with Crippen LogP contribution in [-0.2, 0) is 18.0 Å². The minimum absolute atomic E-state index is 0.0644. The topological polar surface area (TPSA) is 80.6 Å². The molecule has 0 heterocycles. The molecular weight excluding hydrogens is 754 g/mol. The number of nitrogens with zero attached hydrogens (tertiary/aromatic N) is 1. The van der Waals surface area contributed by atoms with Crippen molar-refractivity contribution < 1.29 is 19.0 Å². The molecule has 0 bridgehead atoms. The smallest absolute Gasteiger partial charge is 0.266 e. The van der Waals surface area contributed by atoms with Gasteiger partial charge in [-0.05, 0) is 107 Å². The summed E-state index contributed by atoms with van der Waals surface area (Å²) in [6.07, 6.45) is 1.51. The highest BCUT2D eigenvalue weighted by Crippen LogP contribution is 2.36. The number of nitriles is 1. The van der Waals surface area contributed by atoms with Crippen molar-refractivity contribution in [2.24, 2.45) is 0 Å². The van der Waals surface area contributed by atoms with Gasteiger partial charge in [0.15, 0.2) is 11.5 Å². The third-order valence-electron chi connectivity index (χ3n) is 5.83. The molecule has 1 amide bonds. The van der Waals surface area contributed by atoms with Gasteiger partial charge in [-0.15, -0.1) is 0 Å². The van der Waals surface area contributed by atoms with Crippen molar-refractivity contribution in [3.63, 3.8) is 0 Å². The van der Waals surface area contributed by atoms with Crippen LogP contribution < -0.4 is 19.5 Å². The van der Waals surface area contributed by atoms with E-state index in [-0.39, 0.29) is 12.2 Å². The summed E-state index contributed by atoms with van der Waals surface area (Å²) in [7, 11) is 0. The second kappa shape index (κ2) is 15.3. The number of rotatable bonds is 11. The predicted molar refractivity (Wildman–Crippen MR) is 178 cm³/mol. The molecule has 0 saturated heterocycles. The van der Waals surface area contributed by atoms with E-state index in [1.54, 1.807) is 48.5 Å². The number of benzene rings is 4. The van der Waals surface area contributed by atoms with Crippen LogP contribution in [0, 0.1) is 14.9 Å². The molecular formula is C32H24BrCl2IN2O4. The predicted octanol–water partition coefficient (Wildman–Crippen LogP) is 9.46. The van der Waals surface area contributed by atoms with Crippen molar-refractivity contribution in [2.75, 3.05) is 11.9 Å². The number of anilines is 1. The van der Waals surface area contributed by atoms with Gasteiger partial charge in [0, 0.05) is 25.8 Å². The molecule has 10 heteroatoms. The Balaban J connectivity index is 1.44. The zero-order chi connectivity index (χ0) is 30.1. The zero-order valence-electron chi connectivity index (χ0n) is 22.3. The number of hydrogen-bond acceptors (Lipinski definition) is 5. The van der Waals surface area contributed by atoms with Gasteiger partial charge in [0.1, 0.15) is 30.6 Å². The normalized spacial score (nSPS) is 11.0. The molecule has 42 heavy (non-hydrogen) atoms. The Morgan fingerprint density at radius 1 is 0.976 bits per heavy atom. The number of carbonyl (C=O) groups is 1. The molecule has 214 valence electrons. The largest absolute Gasteiger partial charge is 0.490 e. The van der Waals surface area contributed by atoms with Crippen LogP contribution in [0.2, 0.25) is 10.0 Å². The second-order valence-electron chi connectivity index (χ2n) is 8.85. The molecule has 0 aliphatic carbocycles. The Hall–Kier alpha value is -3.23. The van der Waals surface area contributed by atoms with Gasteiger partial charge >= 0.3 is 0 Å². The van der Waals surface area contributed by atoms with Crippen LogP contribution in [-0.4, -0.2) is 12.5 Å². The number of nitrogens with one attached hydrogen (secondary N) is 1. The van der Waals surface area contributed by atoms with Gasteiger partial charge in [-0.2, -0.15) is 5.26 Å². The first-order chi connectivity index (χ1) is 20.2. The molecule has 0 saturated carbocycles. The summed E-state index contributed by atoms with van der Waals surface area (Å²) in [6.45, 7) is 2.89. The summed E-state index contributed by atoms with van der Waals surface area (Å²) < 4.78 is 19.4. The highest BCUT2D eigenvalue weighted by Gasteiger charge is 2.15. The number of halogens is 4. The van der Waals surface area contributed by atoms with Crippen LogP contribution in [0.5, 0.6) is 17.2 Å². The van der Waals surface area contributed by atoms with E-state index in [4.69, 9.17) is 37.4 Å². The molecule has 0 fully saturated rings. The summed E-state index contributed by atoms with van der Waals surface area (Å²) in [4.78, 5) is 12.9. The number of amides is 1. The van der Waals surface area contributed by atoms with E-state index in [0.29, 0.717) is 51.8 Å². The summed E-state index contributed by atoms with van der Waals surface area (Å²) in [5.74, 6) is 1.14. The van der Waals surface area contributed by atoms with Crippen molar-refractivity contribution in [2.45, 2.75) is 20.1 Å². The molecule has 0 atom stereocenters. The SMILES string of the molecule is CCOc1cc(/C=C(\C#N)C(=O)Nc2ccc(OCc3ccc(Br)cc3)cc2)cc(I)c1OCc1ccc(Cl)cc1Cl. The highest BCUT2D eigenvalue weighted by atomic mass is 127. The molecule has 0 aliphatic rings. The standard InChI is InChI=1S/C32H24BrCl2IN2O4/c1-2-40-30-15-21(14-29(36)31(30)42-19-22-5-8-25(34)16-28(22)35)13-23(17-37)32(39)38-26-9-11-27(12-10-26)41-18-20-3-6-24(33)7-4-20/h3-16H,2,18-19H2,1H3,(H,38,39)/b23-13+. The molecule has 4 aromatic carbocycles. The van der Waals surface area contributed by atoms with Crippen molar-refractivity contribution >= 4 is 79.4 Å². The Labute approximate surface area is 276 Å². The van der Waals surface area contributed by atoms with E-state index in [0.717, 1.165) is 19.2 Å². The third-order valence-corrected chi connectivity index (χ3v) is 7.74. The summed E-state index contributed by atoms with van der Waals surface area (Å²) in [5.41, 5.74) is 2.89. The monoisotopic (exact) mass is 776 g/mol. The summed E-state index contributed by atoms with van der Waals surface area (Å²) >= 11 is 17.8. The molecule has 0 aromatic heterocycles. The highest BCUT2D eigenvalue weighted by molar-refractivity contribution is 14.1. The number of ether oxygens (including phenoxy) is 3. The van der Waals surface area contributed by atoms with Crippen LogP contribution >= 0.6 is 61.7 Å². The lowest BCUT2D eigenvalue weighted by molar-refractivity contribution is -0.112. The molecule has 4 rings (SSSR count). The lowest BCUT2D eigenvalue weighted by Crippen LogP contribution is -2.13. The summed E-state index contributed by atoms with van der Waals surface area (Å²) in [5, 5.41) is 13.6. The Morgan fingerprint density at radius 2 is 1.71 bits per heavy atom. The van der Waals surface area contributed by atoms with Crippen molar-refractivity contribution in [1.29, 1.82) is 5.26 Å². The fourth-order valence-corrected chi connectivity index (χ4v) is 5.27. The molecule has 0 aliphatic heterocycles. The van der Waals surface area contributed by atoms with Crippen molar-refractivity contribution in [1.82, 2.24) is 0 Å². The molecule has 0 radical (unpaired) electrons. The maximum absolute atomic E-state index is 12.9. The Bertz CT molecular complexity index is 1640. The first-order valence-electron chi connectivity index (χ1n) is 12.7. The second-order valence-corrected chi connectivity index (χ2v) is 11.8. The van der Waals surface area contributed by atoms with Crippen LogP contribution in [0.4, 0.5) is 5.69 Å². The molecule has 0 spiro atoms. The van der Waals surface area contributed by atoms with E-state index in [1.165, 1.54) is 6.08 Å². The Kier molecular flexibility index (Phi) is 11.5. The first kappa shape index (κ1) is 31.7. The average Bonchev–Trinajstić information content (AvgIpc) is 2.97. The fourth-order valence-electron chi connectivity index (χ4n) is 3.76. The van der Waals surface area contributed by atoms with Crippen LogP contribution in [0.1, 0.15) is 23.6 Å². The number of carbonyl (C=O) groups excluding carboxylic acids is 1. The summed E-state index contributed by atoms with van der Waals surface area (Å²) in [6, 6.07) is 25.6. The van der Waals surface area contributed by atoms with E-state index >= 15 is 0 Å². The average molecular weight is 778 g/mol. The van der Waals surface area contributed by atoms with E-state index in [1.807, 2.05) is 43.3 Å². The first-order valence-corrected chi connectivity index (χ1v) is 15.3.